The summed E-state index contributed by atoms with van der Waals surface area (Å²) in [5.41, 5.74) is 4.25. The lowest BCUT2D eigenvalue weighted by Crippen LogP contribution is -2.18. The number of rotatable bonds is 6. The van der Waals surface area contributed by atoms with Gasteiger partial charge in [-0.05, 0) is 40.7 Å². The van der Waals surface area contributed by atoms with Crippen molar-refractivity contribution < 1.29 is 4.79 Å². The average Bonchev–Trinajstić information content (AvgIpc) is 2.72. The Labute approximate surface area is 171 Å². The number of para-hydroxylation sites is 1. The van der Waals surface area contributed by atoms with E-state index in [2.05, 4.69) is 37.7 Å². The number of benzene rings is 2. The Bertz CT molecular complexity index is 1070. The topological polar surface area (TPSA) is 62.3 Å². The molecule has 148 valence electrons. The van der Waals surface area contributed by atoms with E-state index in [4.69, 9.17) is 0 Å². The van der Waals surface area contributed by atoms with Crippen LogP contribution >= 0.6 is 0 Å². The van der Waals surface area contributed by atoms with Gasteiger partial charge in [-0.25, -0.2) is 0 Å². The van der Waals surface area contributed by atoms with Crippen molar-refractivity contribution in [3.8, 4) is 11.3 Å². The largest absolute Gasteiger partial charge is 0.321 e. The van der Waals surface area contributed by atoms with Crippen LogP contribution in [0, 0.1) is 0 Å². The van der Waals surface area contributed by atoms with Crippen LogP contribution in [0.1, 0.15) is 61.0 Å². The number of nitrogens with zero attached hydrogens (tertiary/aromatic N) is 1. The molecule has 1 aromatic heterocycles. The normalized spacial score (nSPS) is 11.5. The zero-order valence-electron chi connectivity index (χ0n) is 17.3. The van der Waals surface area contributed by atoms with Gasteiger partial charge < -0.3 is 4.98 Å². The van der Waals surface area contributed by atoms with E-state index >= 15 is 0 Å². The Balaban J connectivity index is 1.93. The van der Waals surface area contributed by atoms with E-state index in [0.29, 0.717) is 5.69 Å². The predicted molar refractivity (Wildman–Crippen MR) is 120 cm³/mol. The van der Waals surface area contributed by atoms with Crippen molar-refractivity contribution in [1.29, 1.82) is 0 Å². The third kappa shape index (κ3) is 4.60. The summed E-state index contributed by atoms with van der Waals surface area (Å²) in [4.78, 5) is 32.5. The zero-order chi connectivity index (χ0) is 21.0. The Hall–Kier alpha value is -3.27. The van der Waals surface area contributed by atoms with E-state index in [9.17, 15) is 9.59 Å². The number of aromatic amines is 1. The van der Waals surface area contributed by atoms with Gasteiger partial charge >= 0.3 is 0 Å². The molecule has 0 radical (unpaired) electrons. The molecule has 2 aromatic carbocycles. The maximum Gasteiger partial charge on any atom is 0.259 e. The van der Waals surface area contributed by atoms with E-state index in [0.717, 1.165) is 22.4 Å². The standard InChI is InChI=1S/C25H26N2O2/c1-16(2)19-11-8-12-20(17(3)4)24(19)26-15-23(28)21-13-14-22(27-25(21)29)18-9-6-5-7-10-18/h5-17H,1-4H3,(H,27,29). The van der Waals surface area contributed by atoms with Crippen molar-refractivity contribution in [2.75, 3.05) is 0 Å². The number of nitrogens with one attached hydrogen (secondary N) is 1. The molecule has 0 amide bonds. The molecule has 0 atom stereocenters. The minimum absolute atomic E-state index is 0.0848. The minimum Gasteiger partial charge on any atom is -0.321 e. The highest BCUT2D eigenvalue weighted by Gasteiger charge is 2.14. The fourth-order valence-corrected chi connectivity index (χ4v) is 3.31. The third-order valence-electron chi connectivity index (χ3n) is 4.91. The first-order chi connectivity index (χ1) is 13.9. The van der Waals surface area contributed by atoms with Crippen molar-refractivity contribution in [3.63, 3.8) is 0 Å². The van der Waals surface area contributed by atoms with Crippen LogP contribution in [0.3, 0.4) is 0 Å². The highest BCUT2D eigenvalue weighted by molar-refractivity contribution is 6.35. The van der Waals surface area contributed by atoms with Gasteiger partial charge in [0.15, 0.2) is 0 Å². The summed E-state index contributed by atoms with van der Waals surface area (Å²) >= 11 is 0. The summed E-state index contributed by atoms with van der Waals surface area (Å²) in [5, 5.41) is 0. The van der Waals surface area contributed by atoms with Crippen molar-refractivity contribution in [2.45, 2.75) is 39.5 Å². The molecule has 0 saturated heterocycles. The SMILES string of the molecule is CC(C)c1cccc(C(C)C)c1N=CC(=O)c1ccc(-c2ccccc2)[nH]c1=O. The maximum atomic E-state index is 12.7. The molecular formula is C25H26N2O2. The van der Waals surface area contributed by atoms with Gasteiger partial charge in [-0.1, -0.05) is 76.2 Å². The van der Waals surface area contributed by atoms with E-state index in [1.165, 1.54) is 6.21 Å². The van der Waals surface area contributed by atoms with Crippen LogP contribution in [0.15, 0.2) is 70.5 Å². The van der Waals surface area contributed by atoms with E-state index in [1.54, 1.807) is 12.1 Å². The van der Waals surface area contributed by atoms with Gasteiger partial charge in [-0.15, -0.1) is 0 Å². The first-order valence-electron chi connectivity index (χ1n) is 9.88. The third-order valence-corrected chi connectivity index (χ3v) is 4.91. The van der Waals surface area contributed by atoms with E-state index in [-0.39, 0.29) is 17.4 Å². The first-order valence-corrected chi connectivity index (χ1v) is 9.88. The lowest BCUT2D eigenvalue weighted by Gasteiger charge is -2.16. The summed E-state index contributed by atoms with van der Waals surface area (Å²) in [5.74, 6) is 0.160. The smallest absolute Gasteiger partial charge is 0.259 e. The van der Waals surface area contributed by atoms with Crippen LogP contribution in [0.4, 0.5) is 5.69 Å². The number of carbonyl (C=O) groups excluding carboxylic acids is 1. The van der Waals surface area contributed by atoms with Crippen LogP contribution in [-0.2, 0) is 0 Å². The summed E-state index contributed by atoms with van der Waals surface area (Å²) < 4.78 is 0. The molecule has 1 N–H and O–H groups in total. The van der Waals surface area contributed by atoms with Gasteiger partial charge in [0.05, 0.1) is 17.5 Å². The molecule has 1 heterocycles. The molecule has 3 aromatic rings. The van der Waals surface area contributed by atoms with Crippen molar-refractivity contribution in [1.82, 2.24) is 4.98 Å². The predicted octanol–water partition coefficient (Wildman–Crippen LogP) is 5.87. The second-order valence-corrected chi connectivity index (χ2v) is 7.70. The second kappa shape index (κ2) is 8.82. The second-order valence-electron chi connectivity index (χ2n) is 7.70. The minimum atomic E-state index is -0.413. The van der Waals surface area contributed by atoms with Gasteiger partial charge in [-0.3, -0.25) is 14.6 Å². The van der Waals surface area contributed by atoms with Crippen LogP contribution in [0.2, 0.25) is 0 Å². The Kier molecular flexibility index (Phi) is 6.23. The summed E-state index contributed by atoms with van der Waals surface area (Å²) in [6.45, 7) is 8.42. The molecule has 0 fully saturated rings. The molecule has 0 aliphatic carbocycles. The number of ketones is 1. The Morgan fingerprint density at radius 3 is 2.03 bits per heavy atom. The van der Waals surface area contributed by atoms with Crippen molar-refractivity contribution in [3.05, 3.63) is 87.7 Å². The van der Waals surface area contributed by atoms with Gasteiger partial charge in [0.25, 0.3) is 5.56 Å². The zero-order valence-corrected chi connectivity index (χ0v) is 17.3. The number of aromatic nitrogens is 1. The van der Waals surface area contributed by atoms with Crippen LogP contribution in [0.5, 0.6) is 0 Å². The maximum absolute atomic E-state index is 12.7. The van der Waals surface area contributed by atoms with E-state index in [1.807, 2.05) is 48.5 Å². The van der Waals surface area contributed by atoms with Gasteiger partial charge in [-0.2, -0.15) is 0 Å². The lowest BCUT2D eigenvalue weighted by atomic mass is 9.93. The molecule has 0 unspecified atom stereocenters. The van der Waals surface area contributed by atoms with Crippen LogP contribution in [0.25, 0.3) is 11.3 Å². The fraction of sp³-hybridized carbons (Fsp3) is 0.240. The van der Waals surface area contributed by atoms with Gasteiger partial charge in [0.1, 0.15) is 0 Å². The van der Waals surface area contributed by atoms with Gasteiger partial charge in [0.2, 0.25) is 5.78 Å². The molecule has 0 aliphatic heterocycles. The molecule has 0 bridgehead atoms. The van der Waals surface area contributed by atoms with Crippen LogP contribution < -0.4 is 5.56 Å². The number of Topliss-reactive ketones (excluding diaryl/α,β-unsaturated/α-hetero) is 1. The average molecular weight is 386 g/mol. The molecule has 3 rings (SSSR count). The van der Waals surface area contributed by atoms with Gasteiger partial charge in [0, 0.05) is 5.69 Å². The first kappa shape index (κ1) is 20.5. The number of carbonyl (C=O) groups is 1. The summed E-state index contributed by atoms with van der Waals surface area (Å²) in [6, 6.07) is 18.9. The number of H-pyrrole nitrogens is 1. The lowest BCUT2D eigenvalue weighted by molar-refractivity contribution is 0.106. The highest BCUT2D eigenvalue weighted by Crippen LogP contribution is 2.34. The molecule has 4 heteroatoms. The highest BCUT2D eigenvalue weighted by atomic mass is 16.1. The summed E-state index contributed by atoms with van der Waals surface area (Å²) in [7, 11) is 0. The monoisotopic (exact) mass is 386 g/mol. The molecule has 0 spiro atoms. The van der Waals surface area contributed by atoms with Crippen molar-refractivity contribution >= 4 is 17.7 Å². The number of hydrogen-bond donors (Lipinski definition) is 1. The molecule has 0 aliphatic rings. The molecule has 4 nitrogen and oxygen atoms in total. The fourth-order valence-electron chi connectivity index (χ4n) is 3.31. The molecule has 29 heavy (non-hydrogen) atoms. The quantitative estimate of drug-likeness (QED) is 0.425. The summed E-state index contributed by atoms with van der Waals surface area (Å²) in [6.07, 6.45) is 1.26. The van der Waals surface area contributed by atoms with Crippen LogP contribution in [-0.4, -0.2) is 17.0 Å². The number of aliphatic imine (C=N–C) groups is 1. The molecular weight excluding hydrogens is 360 g/mol. The number of hydrogen-bond acceptors (Lipinski definition) is 3. The Morgan fingerprint density at radius 2 is 1.48 bits per heavy atom. The van der Waals surface area contributed by atoms with Crippen molar-refractivity contribution in [2.24, 2.45) is 4.99 Å². The Morgan fingerprint density at radius 1 is 0.862 bits per heavy atom. The van der Waals surface area contributed by atoms with E-state index < -0.39 is 11.3 Å². The molecule has 0 saturated carbocycles. The number of pyridine rings is 1.